The maximum absolute atomic E-state index is 12.2. The first kappa shape index (κ1) is 19.5. The Bertz CT molecular complexity index is 835. The van der Waals surface area contributed by atoms with Crippen molar-refractivity contribution in [3.63, 3.8) is 0 Å². The van der Waals surface area contributed by atoms with E-state index in [4.69, 9.17) is 0 Å². The zero-order valence-corrected chi connectivity index (χ0v) is 16.8. The Morgan fingerprint density at radius 1 is 1.15 bits per heavy atom. The Balaban J connectivity index is 1.48. The molecule has 1 saturated heterocycles. The molecule has 3 rings (SSSR count). The van der Waals surface area contributed by atoms with E-state index in [9.17, 15) is 9.59 Å². The molecule has 0 unspecified atom stereocenters. The van der Waals surface area contributed by atoms with Crippen molar-refractivity contribution in [2.24, 2.45) is 0 Å². The van der Waals surface area contributed by atoms with Crippen LogP contribution in [0, 0.1) is 13.8 Å². The lowest BCUT2D eigenvalue weighted by atomic mass is 10.1. The molecule has 0 spiro atoms. The van der Waals surface area contributed by atoms with Crippen LogP contribution < -0.4 is 5.32 Å². The van der Waals surface area contributed by atoms with Gasteiger partial charge in [-0.3, -0.25) is 9.59 Å². The molecule has 1 aliphatic heterocycles. The van der Waals surface area contributed by atoms with E-state index in [0.717, 1.165) is 30.0 Å². The van der Waals surface area contributed by atoms with Gasteiger partial charge in [-0.15, -0.1) is 11.8 Å². The number of hydrogen-bond donors (Lipinski definition) is 1. The summed E-state index contributed by atoms with van der Waals surface area (Å²) >= 11 is 1.70. The molecule has 0 aromatic heterocycles. The van der Waals surface area contributed by atoms with Crippen LogP contribution in [0.5, 0.6) is 0 Å². The fourth-order valence-corrected chi connectivity index (χ4v) is 4.08. The van der Waals surface area contributed by atoms with E-state index in [0.29, 0.717) is 19.4 Å². The molecule has 1 aliphatic rings. The van der Waals surface area contributed by atoms with Crippen LogP contribution in [0.25, 0.3) is 0 Å². The summed E-state index contributed by atoms with van der Waals surface area (Å²) < 4.78 is 0. The third kappa shape index (κ3) is 5.60. The number of amides is 2. The first-order valence-electron chi connectivity index (χ1n) is 9.38. The summed E-state index contributed by atoms with van der Waals surface area (Å²) in [5.41, 5.74) is 4.40. The molecule has 0 atom stereocenters. The van der Waals surface area contributed by atoms with Crippen LogP contribution in [0.3, 0.4) is 0 Å². The highest BCUT2D eigenvalue weighted by Crippen LogP contribution is 2.22. The van der Waals surface area contributed by atoms with Crippen LogP contribution in [0.2, 0.25) is 0 Å². The molecule has 1 heterocycles. The molecule has 1 N–H and O–H groups in total. The summed E-state index contributed by atoms with van der Waals surface area (Å²) in [4.78, 5) is 27.1. The fourth-order valence-electron chi connectivity index (χ4n) is 3.13. The first-order chi connectivity index (χ1) is 13.0. The van der Waals surface area contributed by atoms with Crippen LogP contribution in [0.1, 0.15) is 36.0 Å². The van der Waals surface area contributed by atoms with Crippen molar-refractivity contribution in [1.29, 1.82) is 0 Å². The molecular weight excluding hydrogens is 356 g/mol. The fraction of sp³-hybridized carbons (Fsp3) is 0.364. The molecule has 2 amide bonds. The van der Waals surface area contributed by atoms with Crippen LogP contribution >= 0.6 is 11.8 Å². The van der Waals surface area contributed by atoms with E-state index >= 15 is 0 Å². The molecule has 27 heavy (non-hydrogen) atoms. The summed E-state index contributed by atoms with van der Waals surface area (Å²) in [6.45, 7) is 5.65. The number of aryl methyl sites for hydroxylation is 2. The largest absolute Gasteiger partial charge is 0.338 e. The zero-order valence-electron chi connectivity index (χ0n) is 16.0. The summed E-state index contributed by atoms with van der Waals surface area (Å²) in [6.07, 6.45) is 2.05. The number of nitrogens with zero attached hydrogens (tertiary/aromatic N) is 1. The topological polar surface area (TPSA) is 49.4 Å². The molecule has 5 heteroatoms. The number of nitrogens with one attached hydrogen (secondary N) is 1. The van der Waals surface area contributed by atoms with E-state index in [1.807, 2.05) is 29.2 Å². The smallest absolute Gasteiger partial charge is 0.225 e. The average molecular weight is 383 g/mol. The first-order valence-corrected chi connectivity index (χ1v) is 10.4. The second-order valence-electron chi connectivity index (χ2n) is 7.01. The summed E-state index contributed by atoms with van der Waals surface area (Å²) in [7, 11) is 0. The zero-order chi connectivity index (χ0) is 19.2. The van der Waals surface area contributed by atoms with Gasteiger partial charge in [0.1, 0.15) is 0 Å². The molecular formula is C22H26N2O2S. The van der Waals surface area contributed by atoms with Crippen LogP contribution in [-0.4, -0.2) is 29.0 Å². The third-order valence-corrected chi connectivity index (χ3v) is 5.83. The Kier molecular flexibility index (Phi) is 6.56. The van der Waals surface area contributed by atoms with Gasteiger partial charge in [-0.1, -0.05) is 18.2 Å². The lowest BCUT2D eigenvalue weighted by Crippen LogP contribution is -2.23. The highest BCUT2D eigenvalue weighted by molar-refractivity contribution is 7.99. The molecule has 0 aliphatic carbocycles. The third-order valence-electron chi connectivity index (χ3n) is 4.83. The van der Waals surface area contributed by atoms with Gasteiger partial charge in [-0.25, -0.2) is 0 Å². The van der Waals surface area contributed by atoms with Crippen LogP contribution in [0.4, 0.5) is 5.69 Å². The van der Waals surface area contributed by atoms with Gasteiger partial charge in [0.05, 0.1) is 0 Å². The highest BCUT2D eigenvalue weighted by atomic mass is 32.2. The predicted octanol–water partition coefficient (Wildman–Crippen LogP) is 4.55. The van der Waals surface area contributed by atoms with E-state index in [-0.39, 0.29) is 11.8 Å². The van der Waals surface area contributed by atoms with Crippen molar-refractivity contribution in [1.82, 2.24) is 4.90 Å². The number of likely N-dealkylation sites (tertiary alicyclic amines) is 1. The molecule has 2 aromatic carbocycles. The van der Waals surface area contributed by atoms with Gasteiger partial charge < -0.3 is 10.2 Å². The molecule has 0 radical (unpaired) electrons. The minimum absolute atomic E-state index is 0.0146. The number of benzene rings is 2. The van der Waals surface area contributed by atoms with E-state index < -0.39 is 0 Å². The lowest BCUT2D eigenvalue weighted by Gasteiger charge is -2.16. The van der Waals surface area contributed by atoms with Gasteiger partial charge >= 0.3 is 0 Å². The minimum atomic E-state index is 0.0146. The Morgan fingerprint density at radius 2 is 2.00 bits per heavy atom. The molecule has 0 saturated carbocycles. The van der Waals surface area contributed by atoms with Crippen molar-refractivity contribution >= 4 is 29.3 Å². The van der Waals surface area contributed by atoms with Crippen molar-refractivity contribution in [3.8, 4) is 0 Å². The van der Waals surface area contributed by atoms with Gasteiger partial charge in [0.15, 0.2) is 0 Å². The summed E-state index contributed by atoms with van der Waals surface area (Å²) in [5, 5.41) is 2.97. The SMILES string of the molecule is Cc1ccc(SCCC(=O)Nc2cccc(CN3CCCC3=O)c2)cc1C. The Labute approximate surface area is 165 Å². The molecule has 4 nitrogen and oxygen atoms in total. The van der Waals surface area contributed by atoms with Crippen molar-refractivity contribution in [2.75, 3.05) is 17.6 Å². The predicted molar refractivity (Wildman–Crippen MR) is 111 cm³/mol. The van der Waals surface area contributed by atoms with Gasteiger partial charge in [0, 0.05) is 42.3 Å². The van der Waals surface area contributed by atoms with Gasteiger partial charge in [-0.05, 0) is 61.2 Å². The Hall–Kier alpha value is -2.27. The van der Waals surface area contributed by atoms with Crippen molar-refractivity contribution in [3.05, 3.63) is 59.2 Å². The highest BCUT2D eigenvalue weighted by Gasteiger charge is 2.20. The number of carbonyl (C=O) groups is 2. The lowest BCUT2D eigenvalue weighted by molar-refractivity contribution is -0.128. The van der Waals surface area contributed by atoms with Crippen LogP contribution in [-0.2, 0) is 16.1 Å². The number of anilines is 1. The summed E-state index contributed by atoms with van der Waals surface area (Å²) in [6, 6.07) is 14.2. The molecule has 2 aromatic rings. The van der Waals surface area contributed by atoms with Crippen molar-refractivity contribution < 1.29 is 9.59 Å². The molecule has 142 valence electrons. The quantitative estimate of drug-likeness (QED) is 0.715. The van der Waals surface area contributed by atoms with E-state index in [1.165, 1.54) is 16.0 Å². The van der Waals surface area contributed by atoms with Crippen molar-refractivity contribution in [2.45, 2.75) is 44.6 Å². The second kappa shape index (κ2) is 9.09. The normalized spacial score (nSPS) is 13.9. The number of hydrogen-bond acceptors (Lipinski definition) is 3. The summed E-state index contributed by atoms with van der Waals surface area (Å²) in [5.74, 6) is 0.976. The number of rotatable bonds is 7. The average Bonchev–Trinajstić information content (AvgIpc) is 3.03. The van der Waals surface area contributed by atoms with Gasteiger partial charge in [0.25, 0.3) is 0 Å². The molecule has 1 fully saturated rings. The second-order valence-corrected chi connectivity index (χ2v) is 8.18. The Morgan fingerprint density at radius 3 is 2.74 bits per heavy atom. The van der Waals surface area contributed by atoms with Crippen LogP contribution in [0.15, 0.2) is 47.4 Å². The maximum atomic E-state index is 12.2. The van der Waals surface area contributed by atoms with Gasteiger partial charge in [0.2, 0.25) is 11.8 Å². The number of thioether (sulfide) groups is 1. The maximum Gasteiger partial charge on any atom is 0.225 e. The monoisotopic (exact) mass is 382 g/mol. The van der Waals surface area contributed by atoms with E-state index in [2.05, 4.69) is 37.4 Å². The minimum Gasteiger partial charge on any atom is -0.338 e. The number of carbonyl (C=O) groups excluding carboxylic acids is 2. The standard InChI is InChI=1S/C22H26N2O2S/c1-16-8-9-20(13-17(16)2)27-12-10-21(25)23-19-6-3-5-18(14-19)15-24-11-4-7-22(24)26/h3,5-6,8-9,13-14H,4,7,10-12,15H2,1-2H3,(H,23,25). The molecule has 0 bridgehead atoms. The van der Waals surface area contributed by atoms with Gasteiger partial charge in [-0.2, -0.15) is 0 Å². The van der Waals surface area contributed by atoms with E-state index in [1.54, 1.807) is 11.8 Å².